The van der Waals surface area contributed by atoms with Gasteiger partial charge in [0, 0.05) is 16.0 Å². The van der Waals surface area contributed by atoms with Crippen LogP contribution >= 0.6 is 11.3 Å². The van der Waals surface area contributed by atoms with E-state index in [1.807, 2.05) is 48.5 Å². The first-order valence-corrected chi connectivity index (χ1v) is 11.5. The van der Waals surface area contributed by atoms with E-state index in [1.165, 1.54) is 16.2 Å². The van der Waals surface area contributed by atoms with Crippen LogP contribution in [-0.2, 0) is 22.4 Å². The average molecular weight is 434 g/mol. The molecular formula is C25H23NO4S. The van der Waals surface area contributed by atoms with Gasteiger partial charge in [0.25, 0.3) is 0 Å². The molecule has 5 rings (SSSR count). The fraction of sp³-hybridized carbons (Fsp3) is 0.280. The summed E-state index contributed by atoms with van der Waals surface area (Å²) in [4.78, 5) is 27.6. The normalized spacial score (nSPS) is 14.6. The Morgan fingerprint density at radius 1 is 1.03 bits per heavy atom. The molecule has 0 bridgehead atoms. The summed E-state index contributed by atoms with van der Waals surface area (Å²) in [6, 6.07) is 15.2. The van der Waals surface area contributed by atoms with Gasteiger partial charge in [0.05, 0.1) is 18.1 Å². The van der Waals surface area contributed by atoms with Crippen LogP contribution < -0.4 is 10.1 Å². The predicted octanol–water partition coefficient (Wildman–Crippen LogP) is 5.68. The van der Waals surface area contributed by atoms with Gasteiger partial charge in [0.1, 0.15) is 16.5 Å². The van der Waals surface area contributed by atoms with Crippen LogP contribution in [0.2, 0.25) is 0 Å². The number of benzene rings is 2. The Kier molecular flexibility index (Phi) is 5.24. The number of para-hydroxylation sites is 2. The number of rotatable bonds is 4. The van der Waals surface area contributed by atoms with Crippen LogP contribution in [-0.4, -0.2) is 18.5 Å². The summed E-state index contributed by atoms with van der Waals surface area (Å²) < 4.78 is 11.3. The molecule has 2 heterocycles. The summed E-state index contributed by atoms with van der Waals surface area (Å²) in [5.41, 5.74) is 3.21. The lowest BCUT2D eigenvalue weighted by Crippen LogP contribution is -2.25. The zero-order valence-electron chi connectivity index (χ0n) is 17.3. The number of nitrogens with one attached hydrogen (secondary N) is 1. The van der Waals surface area contributed by atoms with E-state index < -0.39 is 5.92 Å². The summed E-state index contributed by atoms with van der Waals surface area (Å²) in [6.07, 6.45) is 3.93. The molecule has 1 aliphatic heterocycles. The van der Waals surface area contributed by atoms with Crippen molar-refractivity contribution in [2.24, 2.45) is 0 Å². The zero-order valence-corrected chi connectivity index (χ0v) is 18.1. The Hall–Kier alpha value is -3.12. The summed E-state index contributed by atoms with van der Waals surface area (Å²) in [5.74, 6) is 0.308. The number of ether oxygens (including phenoxy) is 2. The number of anilines is 1. The monoisotopic (exact) mass is 433 g/mol. The molecule has 3 aromatic rings. The van der Waals surface area contributed by atoms with Crippen molar-refractivity contribution >= 4 is 28.2 Å². The highest BCUT2D eigenvalue weighted by molar-refractivity contribution is 7.17. The minimum absolute atomic E-state index is 0.174. The first kappa shape index (κ1) is 19.8. The maximum atomic E-state index is 13.6. The first-order valence-electron chi connectivity index (χ1n) is 10.7. The molecule has 0 fully saturated rings. The van der Waals surface area contributed by atoms with Gasteiger partial charge in [-0.05, 0) is 50.3 Å². The maximum Gasteiger partial charge on any atom is 0.341 e. The highest BCUT2D eigenvalue weighted by atomic mass is 32.1. The van der Waals surface area contributed by atoms with Gasteiger partial charge in [-0.25, -0.2) is 4.79 Å². The lowest BCUT2D eigenvalue weighted by Gasteiger charge is -2.27. The number of amides is 1. The van der Waals surface area contributed by atoms with E-state index in [0.717, 1.165) is 42.4 Å². The Morgan fingerprint density at radius 2 is 1.68 bits per heavy atom. The minimum Gasteiger partial charge on any atom is -0.462 e. The van der Waals surface area contributed by atoms with Gasteiger partial charge in [-0.3, -0.25) is 4.79 Å². The van der Waals surface area contributed by atoms with Crippen molar-refractivity contribution < 1.29 is 19.1 Å². The van der Waals surface area contributed by atoms with E-state index >= 15 is 0 Å². The molecule has 0 atom stereocenters. The van der Waals surface area contributed by atoms with Crippen molar-refractivity contribution in [3.63, 3.8) is 0 Å². The van der Waals surface area contributed by atoms with Crippen LogP contribution in [0.4, 0.5) is 5.00 Å². The number of thiophene rings is 1. The Bertz CT molecular complexity index is 1120. The summed E-state index contributed by atoms with van der Waals surface area (Å²) in [7, 11) is 0. The number of fused-ring (bicyclic) bond motifs is 3. The van der Waals surface area contributed by atoms with Crippen molar-refractivity contribution in [2.75, 3.05) is 11.9 Å². The third-order valence-corrected chi connectivity index (χ3v) is 7.04. The highest BCUT2D eigenvalue weighted by Gasteiger charge is 2.34. The van der Waals surface area contributed by atoms with Crippen LogP contribution in [0.3, 0.4) is 0 Å². The third kappa shape index (κ3) is 3.51. The largest absolute Gasteiger partial charge is 0.462 e. The van der Waals surface area contributed by atoms with E-state index in [9.17, 15) is 9.59 Å². The number of aryl methyl sites for hydroxylation is 1. The van der Waals surface area contributed by atoms with Gasteiger partial charge in [0.2, 0.25) is 5.91 Å². The fourth-order valence-corrected chi connectivity index (χ4v) is 5.73. The van der Waals surface area contributed by atoms with Crippen molar-refractivity contribution in [1.82, 2.24) is 0 Å². The van der Waals surface area contributed by atoms with Crippen LogP contribution in [0.15, 0.2) is 48.5 Å². The van der Waals surface area contributed by atoms with Crippen LogP contribution in [0.1, 0.15) is 57.6 Å². The lowest BCUT2D eigenvalue weighted by molar-refractivity contribution is -0.116. The molecule has 2 aliphatic rings. The van der Waals surface area contributed by atoms with Crippen molar-refractivity contribution in [3.8, 4) is 11.5 Å². The molecule has 1 N–H and O–H groups in total. The van der Waals surface area contributed by atoms with Gasteiger partial charge < -0.3 is 14.8 Å². The number of hydrogen-bond acceptors (Lipinski definition) is 5. The molecule has 0 radical (unpaired) electrons. The Balaban J connectivity index is 1.55. The molecule has 0 spiro atoms. The molecule has 1 amide bonds. The Labute approximate surface area is 185 Å². The summed E-state index contributed by atoms with van der Waals surface area (Å²) in [6.45, 7) is 2.10. The molecular weight excluding hydrogens is 410 g/mol. The predicted molar refractivity (Wildman–Crippen MR) is 120 cm³/mol. The van der Waals surface area contributed by atoms with E-state index in [0.29, 0.717) is 28.7 Å². The SMILES string of the molecule is CCOC(=O)c1c(NC(=O)C2c3ccccc3Oc3ccccc32)sc2c1CCCC2. The third-order valence-electron chi connectivity index (χ3n) is 5.83. The minimum atomic E-state index is -0.518. The molecule has 0 unspecified atom stereocenters. The number of hydrogen-bond donors (Lipinski definition) is 1. The molecule has 0 saturated heterocycles. The zero-order chi connectivity index (χ0) is 21.4. The van der Waals surface area contributed by atoms with E-state index in [-0.39, 0.29) is 11.9 Å². The second kappa shape index (κ2) is 8.19. The second-order valence-electron chi connectivity index (χ2n) is 7.74. The van der Waals surface area contributed by atoms with Gasteiger partial charge in [-0.15, -0.1) is 11.3 Å². The van der Waals surface area contributed by atoms with Gasteiger partial charge >= 0.3 is 5.97 Å². The number of carbonyl (C=O) groups excluding carboxylic acids is 2. The topological polar surface area (TPSA) is 64.6 Å². The van der Waals surface area contributed by atoms with Crippen molar-refractivity contribution in [1.29, 1.82) is 0 Å². The second-order valence-corrected chi connectivity index (χ2v) is 8.84. The van der Waals surface area contributed by atoms with Crippen LogP contribution in [0, 0.1) is 0 Å². The maximum absolute atomic E-state index is 13.6. The molecule has 2 aromatic carbocycles. The quantitative estimate of drug-likeness (QED) is 0.538. The Morgan fingerprint density at radius 3 is 2.35 bits per heavy atom. The number of esters is 1. The van der Waals surface area contributed by atoms with Crippen molar-refractivity contribution in [3.05, 3.63) is 75.7 Å². The standard InChI is InChI=1S/C25H23NO4S/c1-2-29-25(28)22-17-11-5-8-14-20(17)31-24(22)26-23(27)21-15-9-3-6-12-18(15)30-19-13-7-4-10-16(19)21/h3-4,6-7,9-10,12-13,21H,2,5,8,11,14H2,1H3,(H,26,27). The van der Waals surface area contributed by atoms with Gasteiger partial charge in [-0.2, -0.15) is 0 Å². The van der Waals surface area contributed by atoms with E-state index in [1.54, 1.807) is 6.92 Å². The molecule has 31 heavy (non-hydrogen) atoms. The van der Waals surface area contributed by atoms with E-state index in [2.05, 4.69) is 5.32 Å². The molecule has 1 aromatic heterocycles. The first-order chi connectivity index (χ1) is 15.2. The molecule has 158 valence electrons. The van der Waals surface area contributed by atoms with Crippen molar-refractivity contribution in [2.45, 2.75) is 38.5 Å². The van der Waals surface area contributed by atoms with Crippen LogP contribution in [0.25, 0.3) is 0 Å². The average Bonchev–Trinajstić information content (AvgIpc) is 3.15. The fourth-order valence-electron chi connectivity index (χ4n) is 4.45. The van der Waals surface area contributed by atoms with Gasteiger partial charge in [-0.1, -0.05) is 36.4 Å². The van der Waals surface area contributed by atoms with Gasteiger partial charge in [0.15, 0.2) is 0 Å². The lowest BCUT2D eigenvalue weighted by atomic mass is 9.87. The molecule has 1 aliphatic carbocycles. The van der Waals surface area contributed by atoms with E-state index in [4.69, 9.17) is 9.47 Å². The molecule has 0 saturated carbocycles. The summed E-state index contributed by atoms with van der Waals surface area (Å²) >= 11 is 1.51. The molecule has 6 heteroatoms. The smallest absolute Gasteiger partial charge is 0.341 e. The number of carbonyl (C=O) groups is 2. The highest BCUT2D eigenvalue weighted by Crippen LogP contribution is 2.45. The van der Waals surface area contributed by atoms with Crippen LogP contribution in [0.5, 0.6) is 11.5 Å². The molecule has 5 nitrogen and oxygen atoms in total. The summed E-state index contributed by atoms with van der Waals surface area (Å²) in [5, 5.41) is 3.68.